The second kappa shape index (κ2) is 8.23. The third kappa shape index (κ3) is 5.50. The summed E-state index contributed by atoms with van der Waals surface area (Å²) in [7, 11) is 0. The molecule has 0 radical (unpaired) electrons. The number of carbonyl (C=O) groups excluding carboxylic acids is 2. The molecule has 1 aromatic rings. The third-order valence-corrected chi connectivity index (χ3v) is 2.45. The minimum atomic E-state index is -0.528. The standard InChI is InChI=1S/C13H19N3O3/c14-6-5-10-3-1-2-4-11(10)13(18)16-7-8-19-9-12(15)17/h1-4H,5-9,14H2,(H2,15,17)(H,16,18). The predicted molar refractivity (Wildman–Crippen MR) is 71.5 cm³/mol. The van der Waals surface area contributed by atoms with Crippen LogP contribution in [-0.4, -0.2) is 38.1 Å². The Kier molecular flexibility index (Phi) is 6.56. The molecule has 0 fully saturated rings. The molecule has 0 heterocycles. The van der Waals surface area contributed by atoms with Crippen LogP contribution in [0.4, 0.5) is 0 Å². The van der Waals surface area contributed by atoms with Crippen LogP contribution in [0.1, 0.15) is 15.9 Å². The first-order valence-corrected chi connectivity index (χ1v) is 6.07. The van der Waals surface area contributed by atoms with Gasteiger partial charge in [0.2, 0.25) is 5.91 Å². The van der Waals surface area contributed by atoms with Crippen LogP contribution in [0.25, 0.3) is 0 Å². The summed E-state index contributed by atoms with van der Waals surface area (Å²) in [5.41, 5.74) is 11.9. The molecule has 0 aliphatic heterocycles. The van der Waals surface area contributed by atoms with Gasteiger partial charge >= 0.3 is 0 Å². The smallest absolute Gasteiger partial charge is 0.251 e. The van der Waals surface area contributed by atoms with E-state index < -0.39 is 5.91 Å². The lowest BCUT2D eigenvalue weighted by Crippen LogP contribution is -2.29. The van der Waals surface area contributed by atoms with Crippen LogP contribution in [0.3, 0.4) is 0 Å². The van der Waals surface area contributed by atoms with E-state index in [-0.39, 0.29) is 19.1 Å². The summed E-state index contributed by atoms with van der Waals surface area (Å²) in [5, 5.41) is 2.71. The van der Waals surface area contributed by atoms with Crippen molar-refractivity contribution >= 4 is 11.8 Å². The van der Waals surface area contributed by atoms with E-state index in [0.717, 1.165) is 5.56 Å². The lowest BCUT2D eigenvalue weighted by atomic mass is 10.0. The van der Waals surface area contributed by atoms with Crippen LogP contribution in [0.15, 0.2) is 24.3 Å². The SMILES string of the molecule is NCCc1ccccc1C(=O)NCCOCC(N)=O. The molecular formula is C13H19N3O3. The van der Waals surface area contributed by atoms with Crippen molar-refractivity contribution in [1.29, 1.82) is 0 Å². The van der Waals surface area contributed by atoms with Crippen molar-refractivity contribution in [3.63, 3.8) is 0 Å². The molecule has 104 valence electrons. The Labute approximate surface area is 112 Å². The highest BCUT2D eigenvalue weighted by Gasteiger charge is 2.09. The van der Waals surface area contributed by atoms with E-state index in [1.165, 1.54) is 0 Å². The molecule has 0 atom stereocenters. The normalized spacial score (nSPS) is 10.2. The van der Waals surface area contributed by atoms with E-state index in [9.17, 15) is 9.59 Å². The maximum Gasteiger partial charge on any atom is 0.251 e. The average Bonchev–Trinajstić information content (AvgIpc) is 2.39. The number of nitrogens with one attached hydrogen (secondary N) is 1. The number of carbonyl (C=O) groups is 2. The number of primary amides is 1. The van der Waals surface area contributed by atoms with Crippen molar-refractivity contribution in [2.45, 2.75) is 6.42 Å². The molecule has 6 heteroatoms. The highest BCUT2D eigenvalue weighted by atomic mass is 16.5. The lowest BCUT2D eigenvalue weighted by molar-refractivity contribution is -0.122. The maximum absolute atomic E-state index is 11.9. The Bertz CT molecular complexity index is 435. The van der Waals surface area contributed by atoms with Gasteiger partial charge in [-0.2, -0.15) is 0 Å². The topological polar surface area (TPSA) is 107 Å². The highest BCUT2D eigenvalue weighted by Crippen LogP contribution is 2.08. The minimum Gasteiger partial charge on any atom is -0.370 e. The summed E-state index contributed by atoms with van der Waals surface area (Å²) in [5.74, 6) is -0.702. The van der Waals surface area contributed by atoms with Crippen LogP contribution in [0, 0.1) is 0 Å². The van der Waals surface area contributed by atoms with Crippen molar-refractivity contribution in [2.75, 3.05) is 26.3 Å². The minimum absolute atomic E-state index is 0.139. The van der Waals surface area contributed by atoms with Crippen LogP contribution in [0.2, 0.25) is 0 Å². The summed E-state index contributed by atoms with van der Waals surface area (Å²) >= 11 is 0. The predicted octanol–water partition coefficient (Wildman–Crippen LogP) is -0.580. The molecule has 19 heavy (non-hydrogen) atoms. The van der Waals surface area contributed by atoms with Crippen LogP contribution in [-0.2, 0) is 16.0 Å². The van der Waals surface area contributed by atoms with Gasteiger partial charge in [0.15, 0.2) is 0 Å². The third-order valence-electron chi connectivity index (χ3n) is 2.45. The Morgan fingerprint density at radius 1 is 1.26 bits per heavy atom. The van der Waals surface area contributed by atoms with Gasteiger partial charge in [-0.25, -0.2) is 0 Å². The van der Waals surface area contributed by atoms with Gasteiger partial charge in [-0.15, -0.1) is 0 Å². The molecule has 0 bridgehead atoms. The van der Waals surface area contributed by atoms with Crippen molar-refractivity contribution < 1.29 is 14.3 Å². The van der Waals surface area contributed by atoms with E-state index in [0.29, 0.717) is 25.1 Å². The number of amides is 2. The van der Waals surface area contributed by atoms with Crippen LogP contribution < -0.4 is 16.8 Å². The van der Waals surface area contributed by atoms with Gasteiger partial charge < -0.3 is 21.5 Å². The Morgan fingerprint density at radius 2 is 2.00 bits per heavy atom. The quantitative estimate of drug-likeness (QED) is 0.546. The molecular weight excluding hydrogens is 246 g/mol. The van der Waals surface area contributed by atoms with Gasteiger partial charge in [-0.1, -0.05) is 18.2 Å². The van der Waals surface area contributed by atoms with Crippen molar-refractivity contribution in [3.05, 3.63) is 35.4 Å². The largest absolute Gasteiger partial charge is 0.370 e. The summed E-state index contributed by atoms with van der Waals surface area (Å²) in [6, 6.07) is 7.31. The number of hydrogen-bond acceptors (Lipinski definition) is 4. The molecule has 1 rings (SSSR count). The second-order valence-electron chi connectivity index (χ2n) is 3.97. The Hall–Kier alpha value is -1.92. The van der Waals surface area contributed by atoms with Crippen molar-refractivity contribution in [2.24, 2.45) is 11.5 Å². The van der Waals surface area contributed by atoms with E-state index in [1.807, 2.05) is 12.1 Å². The van der Waals surface area contributed by atoms with E-state index in [2.05, 4.69) is 5.32 Å². The summed E-state index contributed by atoms with van der Waals surface area (Å²) in [4.78, 5) is 22.4. The fraction of sp³-hybridized carbons (Fsp3) is 0.385. The maximum atomic E-state index is 11.9. The molecule has 5 N–H and O–H groups in total. The average molecular weight is 265 g/mol. The van der Waals surface area contributed by atoms with Crippen LogP contribution >= 0.6 is 0 Å². The van der Waals surface area contributed by atoms with E-state index in [4.69, 9.17) is 16.2 Å². The highest BCUT2D eigenvalue weighted by molar-refractivity contribution is 5.95. The molecule has 0 spiro atoms. The summed E-state index contributed by atoms with van der Waals surface area (Å²) in [6.07, 6.45) is 0.655. The van der Waals surface area contributed by atoms with Gasteiger partial charge in [0, 0.05) is 12.1 Å². The second-order valence-corrected chi connectivity index (χ2v) is 3.97. The first-order valence-electron chi connectivity index (χ1n) is 6.07. The molecule has 0 unspecified atom stereocenters. The van der Waals surface area contributed by atoms with Gasteiger partial charge in [-0.3, -0.25) is 9.59 Å². The fourth-order valence-corrected chi connectivity index (χ4v) is 1.62. The summed E-state index contributed by atoms with van der Waals surface area (Å²) in [6.45, 7) is 0.919. The molecule has 2 amide bonds. The fourth-order valence-electron chi connectivity index (χ4n) is 1.62. The van der Waals surface area contributed by atoms with Gasteiger partial charge in [0.05, 0.1) is 6.61 Å². The number of benzene rings is 1. The number of ether oxygens (including phenoxy) is 1. The number of rotatable bonds is 8. The van der Waals surface area contributed by atoms with Crippen LogP contribution in [0.5, 0.6) is 0 Å². The van der Waals surface area contributed by atoms with E-state index >= 15 is 0 Å². The van der Waals surface area contributed by atoms with Gasteiger partial charge in [-0.05, 0) is 24.6 Å². The Morgan fingerprint density at radius 3 is 2.68 bits per heavy atom. The molecule has 0 aliphatic carbocycles. The number of hydrogen-bond donors (Lipinski definition) is 3. The number of nitrogens with two attached hydrogens (primary N) is 2. The first kappa shape index (κ1) is 15.1. The Balaban J connectivity index is 2.43. The molecule has 0 saturated heterocycles. The van der Waals surface area contributed by atoms with Gasteiger partial charge in [0.25, 0.3) is 5.91 Å². The zero-order valence-electron chi connectivity index (χ0n) is 10.7. The zero-order chi connectivity index (χ0) is 14.1. The summed E-state index contributed by atoms with van der Waals surface area (Å²) < 4.78 is 4.95. The molecule has 1 aromatic carbocycles. The first-order chi connectivity index (χ1) is 9.15. The zero-order valence-corrected chi connectivity index (χ0v) is 10.7. The molecule has 0 saturated carbocycles. The molecule has 0 aromatic heterocycles. The van der Waals surface area contributed by atoms with Crippen molar-refractivity contribution in [1.82, 2.24) is 5.32 Å². The lowest BCUT2D eigenvalue weighted by Gasteiger charge is -2.09. The van der Waals surface area contributed by atoms with Gasteiger partial charge in [0.1, 0.15) is 6.61 Å². The monoisotopic (exact) mass is 265 g/mol. The van der Waals surface area contributed by atoms with E-state index in [1.54, 1.807) is 12.1 Å². The molecule has 0 aliphatic rings. The molecule has 6 nitrogen and oxygen atoms in total. The van der Waals surface area contributed by atoms with Crippen molar-refractivity contribution in [3.8, 4) is 0 Å².